The number of fused-ring (bicyclic) bond motifs is 3. The van der Waals surface area contributed by atoms with E-state index in [2.05, 4.69) is 72.6 Å². The second-order valence-electron chi connectivity index (χ2n) is 6.68. The van der Waals surface area contributed by atoms with E-state index in [-0.39, 0.29) is 6.04 Å². The zero-order chi connectivity index (χ0) is 18.1. The molecule has 26 heavy (non-hydrogen) atoms. The van der Waals surface area contributed by atoms with Crippen LogP contribution in [0.4, 0.5) is 0 Å². The topological polar surface area (TPSA) is 21.7 Å². The molecule has 0 bridgehead atoms. The number of rotatable bonds is 5. The Bertz CT molecular complexity index is 889. The van der Waals surface area contributed by atoms with Crippen LogP contribution in [0.25, 0.3) is 11.1 Å². The third-order valence-corrected chi connectivity index (χ3v) is 5.12. The summed E-state index contributed by atoms with van der Waals surface area (Å²) in [6.45, 7) is 0.827. The van der Waals surface area contributed by atoms with Crippen molar-refractivity contribution in [1.82, 2.24) is 4.90 Å². The second kappa shape index (κ2) is 6.85. The van der Waals surface area contributed by atoms with Gasteiger partial charge in [0.25, 0.3) is 0 Å². The maximum atomic E-state index is 5.45. The van der Waals surface area contributed by atoms with Crippen molar-refractivity contribution in [2.75, 3.05) is 21.3 Å². The van der Waals surface area contributed by atoms with Gasteiger partial charge in [-0.2, -0.15) is 0 Å². The zero-order valence-corrected chi connectivity index (χ0v) is 15.4. The van der Waals surface area contributed by atoms with E-state index in [0.29, 0.717) is 0 Å². The van der Waals surface area contributed by atoms with Gasteiger partial charge in [-0.1, -0.05) is 54.6 Å². The number of ether oxygens (including phenoxy) is 2. The average Bonchev–Trinajstić information content (AvgIpc) is 3.02. The molecule has 3 heteroatoms. The van der Waals surface area contributed by atoms with Gasteiger partial charge < -0.3 is 9.47 Å². The van der Waals surface area contributed by atoms with Crippen LogP contribution < -0.4 is 9.47 Å². The maximum Gasteiger partial charge on any atom is 0.161 e. The largest absolute Gasteiger partial charge is 0.493 e. The summed E-state index contributed by atoms with van der Waals surface area (Å²) in [6, 6.07) is 23.8. The molecule has 4 rings (SSSR count). The molecule has 0 atom stereocenters. The average molecular weight is 345 g/mol. The Morgan fingerprint density at radius 1 is 0.769 bits per heavy atom. The van der Waals surface area contributed by atoms with Crippen molar-refractivity contribution in [1.29, 1.82) is 0 Å². The van der Waals surface area contributed by atoms with E-state index in [1.54, 1.807) is 14.2 Å². The van der Waals surface area contributed by atoms with Gasteiger partial charge in [-0.25, -0.2) is 0 Å². The van der Waals surface area contributed by atoms with E-state index < -0.39 is 0 Å². The Balaban J connectivity index is 1.68. The SMILES string of the molecule is COc1ccc(CN(C)C2c3ccccc3-c3ccccc32)cc1OC. The predicted molar refractivity (Wildman–Crippen MR) is 105 cm³/mol. The molecule has 0 radical (unpaired) electrons. The van der Waals surface area contributed by atoms with Gasteiger partial charge in [0.15, 0.2) is 11.5 Å². The van der Waals surface area contributed by atoms with Crippen LogP contribution in [0, 0.1) is 0 Å². The quantitative estimate of drug-likeness (QED) is 0.656. The van der Waals surface area contributed by atoms with Crippen molar-refractivity contribution in [3.05, 3.63) is 83.4 Å². The van der Waals surface area contributed by atoms with E-state index in [1.165, 1.54) is 27.8 Å². The molecule has 0 saturated heterocycles. The fourth-order valence-electron chi connectivity index (χ4n) is 3.96. The Kier molecular flexibility index (Phi) is 4.39. The van der Waals surface area contributed by atoms with E-state index >= 15 is 0 Å². The first-order valence-corrected chi connectivity index (χ1v) is 8.82. The molecule has 0 fully saturated rings. The molecule has 132 valence electrons. The molecule has 0 aromatic heterocycles. The van der Waals surface area contributed by atoms with Crippen molar-refractivity contribution in [3.8, 4) is 22.6 Å². The Morgan fingerprint density at radius 3 is 1.92 bits per heavy atom. The third kappa shape index (κ3) is 2.74. The van der Waals surface area contributed by atoms with Crippen LogP contribution in [0.1, 0.15) is 22.7 Å². The summed E-state index contributed by atoms with van der Waals surface area (Å²) < 4.78 is 10.8. The van der Waals surface area contributed by atoms with Gasteiger partial charge in [-0.05, 0) is 47.0 Å². The van der Waals surface area contributed by atoms with Crippen molar-refractivity contribution in [3.63, 3.8) is 0 Å². The van der Waals surface area contributed by atoms with Crippen molar-refractivity contribution < 1.29 is 9.47 Å². The first-order valence-electron chi connectivity index (χ1n) is 8.82. The summed E-state index contributed by atoms with van der Waals surface area (Å²) in [5, 5.41) is 0. The van der Waals surface area contributed by atoms with Gasteiger partial charge in [0.2, 0.25) is 0 Å². The molecular formula is C23H23NO2. The third-order valence-electron chi connectivity index (χ3n) is 5.12. The minimum atomic E-state index is 0.260. The molecule has 3 aromatic carbocycles. The van der Waals surface area contributed by atoms with Crippen LogP contribution in [-0.2, 0) is 6.54 Å². The molecule has 3 nitrogen and oxygen atoms in total. The Labute approximate surface area is 154 Å². The summed E-state index contributed by atoms with van der Waals surface area (Å²) in [4.78, 5) is 2.39. The van der Waals surface area contributed by atoms with E-state index in [9.17, 15) is 0 Å². The monoisotopic (exact) mass is 345 g/mol. The lowest BCUT2D eigenvalue weighted by Crippen LogP contribution is -2.23. The van der Waals surface area contributed by atoms with Gasteiger partial charge in [-0.3, -0.25) is 4.90 Å². The number of nitrogens with zero attached hydrogens (tertiary/aromatic N) is 1. The van der Waals surface area contributed by atoms with Crippen LogP contribution in [0.5, 0.6) is 11.5 Å². The number of methoxy groups -OCH3 is 2. The molecule has 3 aromatic rings. The van der Waals surface area contributed by atoms with E-state index in [0.717, 1.165) is 18.0 Å². The summed E-state index contributed by atoms with van der Waals surface area (Å²) in [7, 11) is 5.52. The van der Waals surface area contributed by atoms with E-state index in [1.807, 2.05) is 6.07 Å². The first-order chi connectivity index (χ1) is 12.7. The smallest absolute Gasteiger partial charge is 0.161 e. The van der Waals surface area contributed by atoms with Gasteiger partial charge in [0.1, 0.15) is 0 Å². The van der Waals surface area contributed by atoms with Crippen LogP contribution in [0.3, 0.4) is 0 Å². The molecule has 0 spiro atoms. The predicted octanol–water partition coefficient (Wildman–Crippen LogP) is 4.91. The van der Waals surface area contributed by atoms with Gasteiger partial charge in [0.05, 0.1) is 20.3 Å². The number of hydrogen-bond donors (Lipinski definition) is 0. The summed E-state index contributed by atoms with van der Waals surface area (Å²) in [6.07, 6.45) is 0. The van der Waals surface area contributed by atoms with Crippen molar-refractivity contribution >= 4 is 0 Å². The van der Waals surface area contributed by atoms with Gasteiger partial charge in [0, 0.05) is 6.54 Å². The van der Waals surface area contributed by atoms with Crippen LogP contribution >= 0.6 is 0 Å². The van der Waals surface area contributed by atoms with Crippen LogP contribution in [0.15, 0.2) is 66.7 Å². The highest BCUT2D eigenvalue weighted by atomic mass is 16.5. The molecule has 0 heterocycles. The Hall–Kier alpha value is -2.78. The molecule has 0 saturated carbocycles. The summed E-state index contributed by atoms with van der Waals surface area (Å²) in [5.41, 5.74) is 6.62. The number of benzene rings is 3. The second-order valence-corrected chi connectivity index (χ2v) is 6.68. The van der Waals surface area contributed by atoms with Crippen molar-refractivity contribution in [2.45, 2.75) is 12.6 Å². The lowest BCUT2D eigenvalue weighted by atomic mass is 10.0. The molecule has 1 aliphatic rings. The minimum absolute atomic E-state index is 0.260. The molecule has 1 aliphatic carbocycles. The van der Waals surface area contributed by atoms with Crippen molar-refractivity contribution in [2.24, 2.45) is 0 Å². The summed E-state index contributed by atoms with van der Waals surface area (Å²) >= 11 is 0. The van der Waals surface area contributed by atoms with Crippen LogP contribution in [0.2, 0.25) is 0 Å². The van der Waals surface area contributed by atoms with Gasteiger partial charge >= 0.3 is 0 Å². The molecule has 0 amide bonds. The fraction of sp³-hybridized carbons (Fsp3) is 0.217. The minimum Gasteiger partial charge on any atom is -0.493 e. The fourth-order valence-corrected chi connectivity index (χ4v) is 3.96. The molecule has 0 N–H and O–H groups in total. The maximum absolute atomic E-state index is 5.45. The Morgan fingerprint density at radius 2 is 1.35 bits per heavy atom. The molecule has 0 unspecified atom stereocenters. The highest BCUT2D eigenvalue weighted by Gasteiger charge is 2.30. The molecular weight excluding hydrogens is 322 g/mol. The highest BCUT2D eigenvalue weighted by molar-refractivity contribution is 5.78. The first kappa shape index (κ1) is 16.7. The van der Waals surface area contributed by atoms with Gasteiger partial charge in [-0.15, -0.1) is 0 Å². The lowest BCUT2D eigenvalue weighted by Gasteiger charge is -2.26. The van der Waals surface area contributed by atoms with Crippen LogP contribution in [-0.4, -0.2) is 26.2 Å². The zero-order valence-electron chi connectivity index (χ0n) is 15.4. The highest BCUT2D eigenvalue weighted by Crippen LogP contribution is 2.46. The standard InChI is InChI=1S/C23H23NO2/c1-24(15-16-12-13-21(25-2)22(14-16)26-3)23-19-10-6-4-8-17(19)18-9-5-7-11-20(18)23/h4-14,23H,15H2,1-3H3. The summed E-state index contributed by atoms with van der Waals surface area (Å²) in [5.74, 6) is 1.53. The number of hydrogen-bond acceptors (Lipinski definition) is 3. The molecule has 0 aliphatic heterocycles. The normalized spacial score (nSPS) is 12.8. The van der Waals surface area contributed by atoms with E-state index in [4.69, 9.17) is 9.47 Å². The lowest BCUT2D eigenvalue weighted by molar-refractivity contribution is 0.273.